The van der Waals surface area contributed by atoms with Gasteiger partial charge in [0.2, 0.25) is 10.0 Å². The third-order valence-electron chi connectivity index (χ3n) is 4.57. The number of rotatable bonds is 5. The zero-order valence-corrected chi connectivity index (χ0v) is 15.4. The molecule has 7 heteroatoms. The fourth-order valence-corrected chi connectivity index (χ4v) is 4.54. The molecule has 1 aliphatic rings. The Morgan fingerprint density at radius 1 is 1.00 bits per heavy atom. The van der Waals surface area contributed by atoms with E-state index in [-0.39, 0.29) is 0 Å². The molecule has 1 unspecified atom stereocenters. The van der Waals surface area contributed by atoms with E-state index in [9.17, 15) is 13.7 Å². The van der Waals surface area contributed by atoms with E-state index in [1.54, 1.807) is 37.4 Å². The first-order chi connectivity index (χ1) is 12.6. The summed E-state index contributed by atoms with van der Waals surface area (Å²) in [7, 11) is -1.88. The van der Waals surface area contributed by atoms with Crippen LogP contribution in [0.1, 0.15) is 11.6 Å². The van der Waals surface area contributed by atoms with Gasteiger partial charge in [0.15, 0.2) is 0 Å². The van der Waals surface area contributed by atoms with Gasteiger partial charge in [0.05, 0.1) is 18.1 Å². The summed E-state index contributed by atoms with van der Waals surface area (Å²) in [5.74, 6) is 0.740. The lowest BCUT2D eigenvalue weighted by Gasteiger charge is -2.36. The van der Waals surface area contributed by atoms with Crippen LogP contribution in [-0.2, 0) is 10.0 Å². The molecule has 1 saturated heterocycles. The Morgan fingerprint density at radius 3 is 2.15 bits per heavy atom. The van der Waals surface area contributed by atoms with Gasteiger partial charge in [-0.3, -0.25) is 4.90 Å². The van der Waals surface area contributed by atoms with Crippen LogP contribution >= 0.6 is 0 Å². The van der Waals surface area contributed by atoms with Crippen molar-refractivity contribution in [2.24, 2.45) is 0 Å². The minimum absolute atomic E-state index is 0.306. The van der Waals surface area contributed by atoms with E-state index in [2.05, 4.69) is 6.07 Å². The Labute approximate surface area is 154 Å². The molecular weight excluding hydrogens is 350 g/mol. The van der Waals surface area contributed by atoms with Crippen molar-refractivity contribution in [3.63, 3.8) is 0 Å². The van der Waals surface area contributed by atoms with Gasteiger partial charge in [-0.25, -0.2) is 8.42 Å². The maximum Gasteiger partial charge on any atom is 0.243 e. The molecule has 1 aliphatic heterocycles. The molecule has 0 radical (unpaired) electrons. The van der Waals surface area contributed by atoms with Gasteiger partial charge in [-0.05, 0) is 29.8 Å². The van der Waals surface area contributed by atoms with Crippen LogP contribution in [0.15, 0.2) is 59.5 Å². The quantitative estimate of drug-likeness (QED) is 0.806. The molecule has 0 aliphatic carbocycles. The number of nitrogens with zero attached hydrogens (tertiary/aromatic N) is 3. The van der Waals surface area contributed by atoms with Gasteiger partial charge in [0, 0.05) is 26.2 Å². The average Bonchev–Trinajstić information content (AvgIpc) is 2.70. The van der Waals surface area contributed by atoms with Crippen LogP contribution in [-0.4, -0.2) is 50.9 Å². The SMILES string of the molecule is COc1ccc(C(C#N)N2CCN(S(=O)(=O)c3ccccc3)CC2)cc1. The summed E-state index contributed by atoms with van der Waals surface area (Å²) in [6.07, 6.45) is 0. The first-order valence-electron chi connectivity index (χ1n) is 8.39. The maximum atomic E-state index is 12.7. The van der Waals surface area contributed by atoms with Crippen molar-refractivity contribution >= 4 is 10.0 Å². The van der Waals surface area contributed by atoms with Crippen LogP contribution < -0.4 is 4.74 Å². The molecule has 2 aromatic carbocycles. The zero-order valence-electron chi connectivity index (χ0n) is 14.6. The topological polar surface area (TPSA) is 73.6 Å². The number of methoxy groups -OCH3 is 1. The molecule has 0 amide bonds. The molecule has 1 atom stereocenters. The zero-order chi connectivity index (χ0) is 18.6. The fraction of sp³-hybridized carbons (Fsp3) is 0.316. The number of piperazine rings is 1. The molecule has 0 saturated carbocycles. The average molecular weight is 371 g/mol. The molecular formula is C19H21N3O3S. The van der Waals surface area contributed by atoms with Crippen molar-refractivity contribution in [3.05, 3.63) is 60.2 Å². The van der Waals surface area contributed by atoms with E-state index in [1.807, 2.05) is 29.2 Å². The highest BCUT2D eigenvalue weighted by molar-refractivity contribution is 7.89. The minimum atomic E-state index is -3.48. The smallest absolute Gasteiger partial charge is 0.243 e. The van der Waals surface area contributed by atoms with Gasteiger partial charge in [-0.15, -0.1) is 0 Å². The second-order valence-corrected chi connectivity index (χ2v) is 8.00. The van der Waals surface area contributed by atoms with E-state index in [0.717, 1.165) is 11.3 Å². The van der Waals surface area contributed by atoms with Crippen LogP contribution in [0.4, 0.5) is 0 Å². The van der Waals surface area contributed by atoms with Gasteiger partial charge >= 0.3 is 0 Å². The number of sulfonamides is 1. The van der Waals surface area contributed by atoms with E-state index in [1.165, 1.54) is 4.31 Å². The molecule has 26 heavy (non-hydrogen) atoms. The summed E-state index contributed by atoms with van der Waals surface area (Å²) >= 11 is 0. The van der Waals surface area contributed by atoms with Crippen LogP contribution in [0, 0.1) is 11.3 Å². The van der Waals surface area contributed by atoms with Crippen LogP contribution in [0.25, 0.3) is 0 Å². The van der Waals surface area contributed by atoms with Crippen LogP contribution in [0.5, 0.6) is 5.75 Å². The lowest BCUT2D eigenvalue weighted by atomic mass is 10.1. The number of ether oxygens (including phenoxy) is 1. The Hall–Kier alpha value is -2.40. The van der Waals surface area contributed by atoms with Crippen molar-refractivity contribution < 1.29 is 13.2 Å². The second-order valence-electron chi connectivity index (χ2n) is 6.06. The highest BCUT2D eigenvalue weighted by Gasteiger charge is 2.31. The first kappa shape index (κ1) is 18.4. The molecule has 3 rings (SSSR count). The monoisotopic (exact) mass is 371 g/mol. The van der Waals surface area contributed by atoms with Gasteiger partial charge < -0.3 is 4.74 Å². The molecule has 0 N–H and O–H groups in total. The molecule has 0 bridgehead atoms. The maximum absolute atomic E-state index is 12.7. The number of benzene rings is 2. The van der Waals surface area contributed by atoms with E-state index >= 15 is 0 Å². The van der Waals surface area contributed by atoms with Gasteiger partial charge in [-0.2, -0.15) is 9.57 Å². The van der Waals surface area contributed by atoms with E-state index in [0.29, 0.717) is 31.1 Å². The Balaban J connectivity index is 1.70. The largest absolute Gasteiger partial charge is 0.497 e. The first-order valence-corrected chi connectivity index (χ1v) is 9.83. The summed E-state index contributed by atoms with van der Waals surface area (Å²) in [6.45, 7) is 1.75. The van der Waals surface area contributed by atoms with Crippen molar-refractivity contribution in [3.8, 4) is 11.8 Å². The van der Waals surface area contributed by atoms with Crippen LogP contribution in [0.3, 0.4) is 0 Å². The Kier molecular flexibility index (Phi) is 5.57. The predicted molar refractivity (Wildman–Crippen MR) is 98.1 cm³/mol. The third-order valence-corrected chi connectivity index (χ3v) is 6.49. The van der Waals surface area contributed by atoms with Crippen LogP contribution in [0.2, 0.25) is 0 Å². The van der Waals surface area contributed by atoms with Crippen molar-refractivity contribution in [1.82, 2.24) is 9.21 Å². The normalized spacial score (nSPS) is 17.4. The lowest BCUT2D eigenvalue weighted by Crippen LogP contribution is -2.49. The summed E-state index contributed by atoms with van der Waals surface area (Å²) in [5, 5.41) is 9.61. The van der Waals surface area contributed by atoms with Gasteiger partial charge in [0.25, 0.3) is 0 Å². The highest BCUT2D eigenvalue weighted by atomic mass is 32.2. The summed E-state index contributed by atoms with van der Waals surface area (Å²) < 4.78 is 32.0. The molecule has 0 aromatic heterocycles. The Morgan fingerprint density at radius 2 is 1.62 bits per heavy atom. The van der Waals surface area contributed by atoms with Gasteiger partial charge in [0.1, 0.15) is 11.8 Å². The fourth-order valence-electron chi connectivity index (χ4n) is 3.10. The highest BCUT2D eigenvalue weighted by Crippen LogP contribution is 2.25. The van der Waals surface area contributed by atoms with Gasteiger partial charge in [-0.1, -0.05) is 30.3 Å². The molecule has 0 spiro atoms. The molecule has 6 nitrogen and oxygen atoms in total. The Bertz CT molecular complexity index is 868. The molecule has 1 heterocycles. The number of hydrogen-bond acceptors (Lipinski definition) is 5. The van der Waals surface area contributed by atoms with E-state index < -0.39 is 16.1 Å². The third kappa shape index (κ3) is 3.73. The number of nitriles is 1. The molecule has 136 valence electrons. The predicted octanol–water partition coefficient (Wildman–Crippen LogP) is 2.27. The van der Waals surface area contributed by atoms with Crippen molar-refractivity contribution in [2.45, 2.75) is 10.9 Å². The van der Waals surface area contributed by atoms with Crippen molar-refractivity contribution in [2.75, 3.05) is 33.3 Å². The second kappa shape index (κ2) is 7.87. The van der Waals surface area contributed by atoms with Crippen molar-refractivity contribution in [1.29, 1.82) is 5.26 Å². The number of hydrogen-bond donors (Lipinski definition) is 0. The van der Waals surface area contributed by atoms with E-state index in [4.69, 9.17) is 4.74 Å². The summed E-state index contributed by atoms with van der Waals surface area (Å²) in [5.41, 5.74) is 0.882. The lowest BCUT2D eigenvalue weighted by molar-refractivity contribution is 0.162. The summed E-state index contributed by atoms with van der Waals surface area (Å²) in [6, 6.07) is 17.8. The molecule has 1 fully saturated rings. The summed E-state index contributed by atoms with van der Waals surface area (Å²) in [4.78, 5) is 2.32. The molecule has 2 aromatic rings. The minimum Gasteiger partial charge on any atom is -0.497 e. The standard InChI is InChI=1S/C19H21N3O3S/c1-25-17-9-7-16(8-10-17)19(15-20)21-11-13-22(14-12-21)26(23,24)18-5-3-2-4-6-18/h2-10,19H,11-14H2,1H3.